The minimum atomic E-state index is -4.26. The van der Waals surface area contributed by atoms with Crippen molar-refractivity contribution in [2.45, 2.75) is 38.2 Å². The van der Waals surface area contributed by atoms with Crippen LogP contribution in [0.4, 0.5) is 17.6 Å². The highest BCUT2D eigenvalue weighted by Crippen LogP contribution is 2.40. The molecule has 1 fully saturated rings. The molecule has 0 bridgehead atoms. The highest BCUT2D eigenvalue weighted by Gasteiger charge is 2.41. The van der Waals surface area contributed by atoms with E-state index in [0.29, 0.717) is 5.69 Å². The van der Waals surface area contributed by atoms with Crippen LogP contribution in [0.1, 0.15) is 30.3 Å². The lowest BCUT2D eigenvalue weighted by atomic mass is 10.1. The van der Waals surface area contributed by atoms with E-state index in [0.717, 1.165) is 18.5 Å². The number of nitrogens with one attached hydrogen (secondary N) is 1. The summed E-state index contributed by atoms with van der Waals surface area (Å²) in [7, 11) is 0. The summed E-state index contributed by atoms with van der Waals surface area (Å²) in [6, 6.07) is 5.10. The zero-order valence-electron chi connectivity index (χ0n) is 12.6. The Hall–Kier alpha value is -1.70. The maximum Gasteiger partial charge on any atom is 0.330 e. The molecule has 1 atom stereocenters. The van der Waals surface area contributed by atoms with E-state index < -0.39 is 31.5 Å². The molecule has 0 aliphatic heterocycles. The van der Waals surface area contributed by atoms with Gasteiger partial charge in [0.25, 0.3) is 0 Å². The van der Waals surface area contributed by atoms with Gasteiger partial charge in [-0.25, -0.2) is 8.78 Å². The number of nitrogens with zero attached hydrogens (tertiary/aromatic N) is 1. The number of halogens is 4. The first kappa shape index (κ1) is 17.7. The van der Waals surface area contributed by atoms with Gasteiger partial charge in [-0.1, -0.05) is 6.07 Å². The number of alkyl halides is 4. The fourth-order valence-corrected chi connectivity index (χ4v) is 2.16. The number of ether oxygens (including phenoxy) is 1. The Kier molecular flexibility index (Phi) is 5.56. The van der Waals surface area contributed by atoms with Gasteiger partial charge in [-0.2, -0.15) is 8.78 Å². The molecule has 2 rings (SSSR count). The maximum absolute atomic E-state index is 12.7. The van der Waals surface area contributed by atoms with E-state index >= 15 is 0 Å². The maximum atomic E-state index is 12.7. The largest absolute Gasteiger partial charge is 0.365 e. The van der Waals surface area contributed by atoms with Crippen molar-refractivity contribution in [2.75, 3.05) is 13.2 Å². The van der Waals surface area contributed by atoms with Gasteiger partial charge in [-0.15, -0.1) is 0 Å². The van der Waals surface area contributed by atoms with Crippen molar-refractivity contribution in [3.8, 4) is 0 Å². The second-order valence-electron chi connectivity index (χ2n) is 5.64. The minimum absolute atomic E-state index is 0.246. The second-order valence-corrected chi connectivity index (χ2v) is 5.64. The molecule has 4 nitrogen and oxygen atoms in total. The Bertz CT molecular complexity index is 550. The first-order valence-electron chi connectivity index (χ1n) is 7.26. The SMILES string of the molecule is Cc1cccc(C(NC(=O)COCC(F)(F)C(F)F)C2CC2)n1. The van der Waals surface area contributed by atoms with Crippen molar-refractivity contribution in [2.24, 2.45) is 5.92 Å². The lowest BCUT2D eigenvalue weighted by molar-refractivity contribution is -0.168. The Labute approximate surface area is 131 Å². The molecule has 1 N–H and O–H groups in total. The number of aromatic nitrogens is 1. The quantitative estimate of drug-likeness (QED) is 0.744. The number of amides is 1. The number of hydrogen-bond acceptors (Lipinski definition) is 3. The molecule has 0 aromatic carbocycles. The summed E-state index contributed by atoms with van der Waals surface area (Å²) in [6.45, 7) is -0.364. The van der Waals surface area contributed by atoms with Crippen LogP contribution >= 0.6 is 0 Å². The third-order valence-electron chi connectivity index (χ3n) is 3.49. The lowest BCUT2D eigenvalue weighted by Crippen LogP contribution is -2.37. The Morgan fingerprint density at radius 1 is 1.43 bits per heavy atom. The monoisotopic (exact) mass is 334 g/mol. The van der Waals surface area contributed by atoms with E-state index in [4.69, 9.17) is 0 Å². The molecular formula is C15H18F4N2O2. The van der Waals surface area contributed by atoms with Gasteiger partial charge in [-0.3, -0.25) is 9.78 Å². The van der Waals surface area contributed by atoms with E-state index in [1.807, 2.05) is 19.1 Å². The zero-order chi connectivity index (χ0) is 17.0. The number of aryl methyl sites for hydroxylation is 1. The van der Waals surface area contributed by atoms with Crippen molar-refractivity contribution in [3.05, 3.63) is 29.6 Å². The van der Waals surface area contributed by atoms with Crippen LogP contribution in [0.5, 0.6) is 0 Å². The van der Waals surface area contributed by atoms with Crippen LogP contribution in [-0.2, 0) is 9.53 Å². The first-order valence-corrected chi connectivity index (χ1v) is 7.26. The number of hydrogen-bond donors (Lipinski definition) is 1. The average molecular weight is 334 g/mol. The van der Waals surface area contributed by atoms with E-state index in [9.17, 15) is 22.4 Å². The molecule has 1 aromatic rings. The van der Waals surface area contributed by atoms with Gasteiger partial charge < -0.3 is 10.1 Å². The average Bonchev–Trinajstić information content (AvgIpc) is 3.29. The topological polar surface area (TPSA) is 51.2 Å². The molecule has 0 saturated heterocycles. The number of rotatable bonds is 8. The lowest BCUT2D eigenvalue weighted by Gasteiger charge is -2.19. The summed E-state index contributed by atoms with van der Waals surface area (Å²) in [5.74, 6) is -4.64. The molecule has 1 unspecified atom stereocenters. The first-order chi connectivity index (χ1) is 10.8. The van der Waals surface area contributed by atoms with Crippen LogP contribution in [0.15, 0.2) is 18.2 Å². The van der Waals surface area contributed by atoms with E-state index in [1.165, 1.54) is 0 Å². The third-order valence-corrected chi connectivity index (χ3v) is 3.49. The summed E-state index contributed by atoms with van der Waals surface area (Å²) in [5, 5.41) is 2.68. The third kappa shape index (κ3) is 5.16. The van der Waals surface area contributed by atoms with Gasteiger partial charge in [0.15, 0.2) is 0 Å². The van der Waals surface area contributed by atoms with Crippen molar-refractivity contribution in [1.29, 1.82) is 0 Å². The number of carbonyl (C=O) groups excluding carboxylic acids is 1. The normalized spacial score (nSPS) is 16.4. The number of carbonyl (C=O) groups is 1. The van der Waals surface area contributed by atoms with Crippen molar-refractivity contribution >= 4 is 5.91 Å². The smallest absolute Gasteiger partial charge is 0.330 e. The van der Waals surface area contributed by atoms with Crippen LogP contribution in [0, 0.1) is 12.8 Å². The molecule has 1 aliphatic rings. The van der Waals surface area contributed by atoms with Gasteiger partial charge in [0.05, 0.1) is 11.7 Å². The molecule has 128 valence electrons. The molecule has 1 aromatic heterocycles. The van der Waals surface area contributed by atoms with Gasteiger partial charge in [0.1, 0.15) is 13.2 Å². The Morgan fingerprint density at radius 2 is 2.13 bits per heavy atom. The molecule has 8 heteroatoms. The van der Waals surface area contributed by atoms with Crippen LogP contribution in [0.3, 0.4) is 0 Å². The fraction of sp³-hybridized carbons (Fsp3) is 0.600. The van der Waals surface area contributed by atoms with Gasteiger partial charge in [-0.05, 0) is 37.8 Å². The molecule has 0 spiro atoms. The highest BCUT2D eigenvalue weighted by molar-refractivity contribution is 5.77. The Morgan fingerprint density at radius 3 is 2.70 bits per heavy atom. The van der Waals surface area contributed by atoms with Gasteiger partial charge >= 0.3 is 12.3 Å². The summed E-state index contributed by atoms with van der Waals surface area (Å²) in [5.41, 5.74) is 1.49. The molecule has 1 amide bonds. The van der Waals surface area contributed by atoms with Crippen LogP contribution in [-0.4, -0.2) is 36.5 Å². The minimum Gasteiger partial charge on any atom is -0.365 e. The van der Waals surface area contributed by atoms with E-state index in [-0.39, 0.29) is 12.0 Å². The summed E-state index contributed by atoms with van der Waals surface area (Å²) < 4.78 is 53.8. The molecule has 23 heavy (non-hydrogen) atoms. The number of pyridine rings is 1. The van der Waals surface area contributed by atoms with Crippen molar-refractivity contribution in [3.63, 3.8) is 0 Å². The van der Waals surface area contributed by atoms with E-state index in [2.05, 4.69) is 15.0 Å². The molecule has 1 saturated carbocycles. The predicted molar refractivity (Wildman–Crippen MR) is 74.4 cm³/mol. The van der Waals surface area contributed by atoms with E-state index in [1.54, 1.807) is 6.07 Å². The summed E-state index contributed by atoms with van der Waals surface area (Å²) in [4.78, 5) is 16.2. The van der Waals surface area contributed by atoms with Gasteiger partial charge in [0, 0.05) is 5.69 Å². The summed E-state index contributed by atoms with van der Waals surface area (Å²) in [6.07, 6.45) is -1.95. The highest BCUT2D eigenvalue weighted by atomic mass is 19.3. The van der Waals surface area contributed by atoms with Crippen molar-refractivity contribution < 1.29 is 27.1 Å². The molecule has 1 heterocycles. The van der Waals surface area contributed by atoms with Crippen LogP contribution in [0.25, 0.3) is 0 Å². The molecular weight excluding hydrogens is 316 g/mol. The predicted octanol–water partition coefficient (Wildman–Crippen LogP) is 2.87. The van der Waals surface area contributed by atoms with Crippen molar-refractivity contribution in [1.82, 2.24) is 10.3 Å². The fourth-order valence-electron chi connectivity index (χ4n) is 2.16. The standard InChI is InChI=1S/C15H18F4N2O2/c1-9-3-2-4-11(20-9)13(10-5-6-10)21-12(22)7-23-8-15(18,19)14(16)17/h2-4,10,13-14H,5-8H2,1H3,(H,21,22). The van der Waals surface area contributed by atoms with Gasteiger partial charge in [0.2, 0.25) is 5.91 Å². The molecule has 0 radical (unpaired) electrons. The molecule has 1 aliphatic carbocycles. The summed E-state index contributed by atoms with van der Waals surface area (Å²) >= 11 is 0. The second kappa shape index (κ2) is 7.25. The Balaban J connectivity index is 1.87. The zero-order valence-corrected chi connectivity index (χ0v) is 12.6. The van der Waals surface area contributed by atoms with Crippen LogP contribution in [0.2, 0.25) is 0 Å². The van der Waals surface area contributed by atoms with Crippen LogP contribution < -0.4 is 5.32 Å².